The van der Waals surface area contributed by atoms with Crippen LogP contribution < -0.4 is 4.74 Å². The van der Waals surface area contributed by atoms with Crippen LogP contribution in [0.4, 0.5) is 8.78 Å². The molecule has 0 aliphatic carbocycles. The number of rotatable bonds is 6. The molecule has 0 bridgehead atoms. The summed E-state index contributed by atoms with van der Waals surface area (Å²) in [5.74, 6) is -0.523. The van der Waals surface area contributed by atoms with Gasteiger partial charge in [-0.25, -0.2) is 8.78 Å². The average molecular weight is 461 g/mol. The molecule has 1 aliphatic rings. The van der Waals surface area contributed by atoms with Crippen LogP contribution in [0.3, 0.4) is 0 Å². The van der Waals surface area contributed by atoms with Crippen molar-refractivity contribution in [3.05, 3.63) is 87.8 Å². The zero-order valence-corrected chi connectivity index (χ0v) is 18.4. The SMILES string of the molecule is Cc1cccc(Cl)c1OCc1ccc(C(=O)N2CCN(Cc3cccc(F)c3F)CC2)o1. The summed E-state index contributed by atoms with van der Waals surface area (Å²) in [4.78, 5) is 16.5. The molecule has 0 spiro atoms. The number of amides is 1. The van der Waals surface area contributed by atoms with Gasteiger partial charge in [0.25, 0.3) is 5.91 Å². The highest BCUT2D eigenvalue weighted by Crippen LogP contribution is 2.29. The Morgan fingerprint density at radius 3 is 2.56 bits per heavy atom. The molecule has 8 heteroatoms. The van der Waals surface area contributed by atoms with Crippen LogP contribution in [-0.4, -0.2) is 41.9 Å². The number of hydrogen-bond acceptors (Lipinski definition) is 4. The topological polar surface area (TPSA) is 45.9 Å². The Balaban J connectivity index is 1.31. The van der Waals surface area contributed by atoms with E-state index in [1.165, 1.54) is 6.07 Å². The van der Waals surface area contributed by atoms with Crippen LogP contribution in [0.1, 0.15) is 27.4 Å². The molecule has 168 valence electrons. The Bertz CT molecular complexity index is 1090. The zero-order chi connectivity index (χ0) is 22.7. The second-order valence-corrected chi connectivity index (χ2v) is 8.13. The first kappa shape index (κ1) is 22.3. The molecule has 5 nitrogen and oxygen atoms in total. The summed E-state index contributed by atoms with van der Waals surface area (Å²) < 4.78 is 38.8. The van der Waals surface area contributed by atoms with Crippen LogP contribution in [0, 0.1) is 18.6 Å². The van der Waals surface area contributed by atoms with Gasteiger partial charge in [-0.3, -0.25) is 9.69 Å². The van der Waals surface area contributed by atoms with Crippen LogP contribution in [0.15, 0.2) is 52.9 Å². The summed E-state index contributed by atoms with van der Waals surface area (Å²) in [7, 11) is 0. The first-order chi connectivity index (χ1) is 15.4. The van der Waals surface area contributed by atoms with Crippen molar-refractivity contribution >= 4 is 17.5 Å². The van der Waals surface area contributed by atoms with E-state index in [4.69, 9.17) is 20.8 Å². The van der Waals surface area contributed by atoms with Gasteiger partial charge < -0.3 is 14.1 Å². The van der Waals surface area contributed by atoms with Crippen molar-refractivity contribution in [1.29, 1.82) is 0 Å². The van der Waals surface area contributed by atoms with Gasteiger partial charge in [0.05, 0.1) is 5.02 Å². The summed E-state index contributed by atoms with van der Waals surface area (Å²) in [6, 6.07) is 13.0. The number of halogens is 3. The summed E-state index contributed by atoms with van der Waals surface area (Å²) >= 11 is 6.17. The van der Waals surface area contributed by atoms with E-state index < -0.39 is 11.6 Å². The Morgan fingerprint density at radius 1 is 1.06 bits per heavy atom. The molecule has 0 unspecified atom stereocenters. The highest BCUT2D eigenvalue weighted by molar-refractivity contribution is 6.32. The Morgan fingerprint density at radius 2 is 1.81 bits per heavy atom. The molecule has 1 fully saturated rings. The van der Waals surface area contributed by atoms with Crippen LogP contribution in [0.2, 0.25) is 5.02 Å². The lowest BCUT2D eigenvalue weighted by Gasteiger charge is -2.34. The number of benzene rings is 2. The quantitative estimate of drug-likeness (QED) is 0.516. The summed E-state index contributed by atoms with van der Waals surface area (Å²) in [6.07, 6.45) is 0. The van der Waals surface area contributed by atoms with Crippen molar-refractivity contribution < 1.29 is 22.7 Å². The normalized spacial score (nSPS) is 14.6. The molecular weight excluding hydrogens is 438 g/mol. The van der Waals surface area contributed by atoms with Crippen molar-refractivity contribution in [2.24, 2.45) is 0 Å². The molecule has 4 rings (SSSR count). The zero-order valence-electron chi connectivity index (χ0n) is 17.6. The second-order valence-electron chi connectivity index (χ2n) is 7.72. The highest BCUT2D eigenvalue weighted by atomic mass is 35.5. The molecule has 2 heterocycles. The Kier molecular flexibility index (Phi) is 6.77. The smallest absolute Gasteiger partial charge is 0.289 e. The predicted octanol–water partition coefficient (Wildman–Crippen LogP) is 5.06. The minimum Gasteiger partial charge on any atom is -0.484 e. The third kappa shape index (κ3) is 4.95. The molecule has 32 heavy (non-hydrogen) atoms. The molecule has 3 aromatic rings. The molecule has 1 aromatic heterocycles. The third-order valence-corrected chi connectivity index (χ3v) is 5.78. The van der Waals surface area contributed by atoms with Gasteiger partial charge in [-0.15, -0.1) is 0 Å². The molecule has 1 aliphatic heterocycles. The first-order valence-corrected chi connectivity index (χ1v) is 10.7. The number of furan rings is 1. The molecule has 0 atom stereocenters. The largest absolute Gasteiger partial charge is 0.484 e. The maximum absolute atomic E-state index is 13.9. The van der Waals surface area contributed by atoms with Gasteiger partial charge in [0.1, 0.15) is 18.1 Å². The van der Waals surface area contributed by atoms with Crippen molar-refractivity contribution in [2.75, 3.05) is 26.2 Å². The van der Waals surface area contributed by atoms with Crippen molar-refractivity contribution in [3.8, 4) is 5.75 Å². The minimum absolute atomic E-state index is 0.158. The average Bonchev–Trinajstić information content (AvgIpc) is 3.26. The molecule has 1 saturated heterocycles. The van der Waals surface area contributed by atoms with Gasteiger partial charge in [0.15, 0.2) is 17.4 Å². The van der Waals surface area contributed by atoms with Gasteiger partial charge >= 0.3 is 0 Å². The van der Waals surface area contributed by atoms with Gasteiger partial charge in [0.2, 0.25) is 0 Å². The molecule has 1 amide bonds. The fourth-order valence-corrected chi connectivity index (χ4v) is 3.97. The lowest BCUT2D eigenvalue weighted by Crippen LogP contribution is -2.48. The highest BCUT2D eigenvalue weighted by Gasteiger charge is 2.25. The molecule has 0 N–H and O–H groups in total. The number of hydrogen-bond donors (Lipinski definition) is 0. The third-order valence-electron chi connectivity index (χ3n) is 5.48. The van der Waals surface area contributed by atoms with E-state index >= 15 is 0 Å². The van der Waals surface area contributed by atoms with Crippen LogP contribution >= 0.6 is 11.6 Å². The first-order valence-electron chi connectivity index (χ1n) is 10.3. The van der Waals surface area contributed by atoms with Gasteiger partial charge in [-0.2, -0.15) is 0 Å². The minimum atomic E-state index is -0.849. The van der Waals surface area contributed by atoms with Crippen LogP contribution in [-0.2, 0) is 13.2 Å². The number of piperazine rings is 1. The van der Waals surface area contributed by atoms with E-state index in [2.05, 4.69) is 0 Å². The number of ether oxygens (including phenoxy) is 1. The van der Waals surface area contributed by atoms with Crippen LogP contribution in [0.25, 0.3) is 0 Å². The van der Waals surface area contributed by atoms with Crippen LogP contribution in [0.5, 0.6) is 5.75 Å². The lowest BCUT2D eigenvalue weighted by molar-refractivity contribution is 0.0592. The summed E-state index contributed by atoms with van der Waals surface area (Å²) in [5, 5.41) is 0.517. The molecule has 0 saturated carbocycles. The lowest BCUT2D eigenvalue weighted by atomic mass is 10.1. The predicted molar refractivity (Wildman–Crippen MR) is 117 cm³/mol. The number of nitrogens with zero attached hydrogens (tertiary/aromatic N) is 2. The van der Waals surface area contributed by atoms with Gasteiger partial charge in [-0.1, -0.05) is 35.9 Å². The molecule has 0 radical (unpaired) electrons. The fraction of sp³-hybridized carbons (Fsp3) is 0.292. The van der Waals surface area contributed by atoms with Gasteiger partial charge in [0, 0.05) is 38.3 Å². The number of aryl methyl sites for hydroxylation is 1. The van der Waals surface area contributed by atoms with E-state index in [-0.39, 0.29) is 18.3 Å². The van der Waals surface area contributed by atoms with E-state index in [0.717, 1.165) is 11.6 Å². The number of carbonyl (C=O) groups excluding carboxylic acids is 1. The maximum atomic E-state index is 13.9. The van der Waals surface area contributed by atoms with E-state index in [1.807, 2.05) is 24.0 Å². The summed E-state index contributed by atoms with van der Waals surface area (Å²) in [5.41, 5.74) is 1.23. The van der Waals surface area contributed by atoms with E-state index in [1.54, 1.807) is 29.2 Å². The Hall–Kier alpha value is -2.90. The standard InChI is InChI=1S/C24H23ClF2N2O3/c1-16-4-2-6-19(25)23(16)31-15-18-8-9-21(32-18)24(30)29-12-10-28(11-13-29)14-17-5-3-7-20(26)22(17)27/h2-9H,10-15H2,1H3. The molecular formula is C24H23ClF2N2O3. The second kappa shape index (κ2) is 9.71. The van der Waals surface area contributed by atoms with Crippen molar-refractivity contribution in [1.82, 2.24) is 9.80 Å². The fourth-order valence-electron chi connectivity index (χ4n) is 3.69. The van der Waals surface area contributed by atoms with E-state index in [0.29, 0.717) is 54.8 Å². The van der Waals surface area contributed by atoms with Gasteiger partial charge in [-0.05, 0) is 36.8 Å². The number of carbonyl (C=O) groups is 1. The van der Waals surface area contributed by atoms with Crippen molar-refractivity contribution in [3.63, 3.8) is 0 Å². The molecule has 2 aromatic carbocycles. The van der Waals surface area contributed by atoms with E-state index in [9.17, 15) is 13.6 Å². The Labute approximate surface area is 190 Å². The maximum Gasteiger partial charge on any atom is 0.289 e. The summed E-state index contributed by atoms with van der Waals surface area (Å²) in [6.45, 7) is 4.43. The number of para-hydroxylation sites is 1. The van der Waals surface area contributed by atoms with Crippen molar-refractivity contribution in [2.45, 2.75) is 20.1 Å². The monoisotopic (exact) mass is 460 g/mol.